The number of carbonyl (C=O) groups excluding carboxylic acids is 1. The Bertz CT molecular complexity index is 318. The number of carboxylic acid groups (broad SMARTS) is 1. The van der Waals surface area contributed by atoms with E-state index in [1.54, 1.807) is 0 Å². The van der Waals surface area contributed by atoms with Crippen LogP contribution in [0.3, 0.4) is 0 Å². The molecule has 0 unspecified atom stereocenters. The van der Waals surface area contributed by atoms with Gasteiger partial charge in [-0.1, -0.05) is 0 Å². The molecule has 0 aliphatic carbocycles. The highest BCUT2D eigenvalue weighted by Crippen LogP contribution is 2.04. The topological polar surface area (TPSA) is 101 Å². The van der Waals surface area contributed by atoms with Crippen LogP contribution < -0.4 is 5.11 Å². The van der Waals surface area contributed by atoms with Crippen molar-refractivity contribution in [3.8, 4) is 0 Å². The number of nitrogens with zero attached hydrogens (tertiary/aromatic N) is 3. The number of aromatic nitrogens is 2. The standard InChI is InChI=1S/C5H5N3O4/c9-5(10)2-7-1-4(6-3-7)8(11)12/h1,3H,2H2,(H,9,10)/p-1. The van der Waals surface area contributed by atoms with Crippen molar-refractivity contribution in [2.24, 2.45) is 0 Å². The fourth-order valence-electron chi connectivity index (χ4n) is 0.678. The first-order valence-corrected chi connectivity index (χ1v) is 2.95. The zero-order valence-electron chi connectivity index (χ0n) is 5.84. The van der Waals surface area contributed by atoms with Crippen molar-refractivity contribution in [3.63, 3.8) is 0 Å². The van der Waals surface area contributed by atoms with Gasteiger partial charge >= 0.3 is 5.82 Å². The maximum absolute atomic E-state index is 10.1. The molecule has 1 aromatic rings. The van der Waals surface area contributed by atoms with Gasteiger partial charge in [0.15, 0.2) is 0 Å². The highest BCUT2D eigenvalue weighted by atomic mass is 16.6. The second-order valence-corrected chi connectivity index (χ2v) is 2.03. The second kappa shape index (κ2) is 2.99. The summed E-state index contributed by atoms with van der Waals surface area (Å²) in [7, 11) is 0. The second-order valence-electron chi connectivity index (χ2n) is 2.03. The van der Waals surface area contributed by atoms with E-state index in [4.69, 9.17) is 0 Å². The van der Waals surface area contributed by atoms with Crippen LogP contribution in [0.15, 0.2) is 12.5 Å². The predicted molar refractivity (Wildman–Crippen MR) is 33.9 cm³/mol. The molecule has 0 amide bonds. The van der Waals surface area contributed by atoms with Gasteiger partial charge < -0.3 is 24.6 Å². The molecule has 0 radical (unpaired) electrons. The summed E-state index contributed by atoms with van der Waals surface area (Å²) in [6.07, 6.45) is 2.09. The molecule has 1 aromatic heterocycles. The normalized spacial score (nSPS) is 9.67. The molecule has 0 N–H and O–H groups in total. The lowest BCUT2D eigenvalue weighted by Gasteiger charge is -1.98. The molecule has 12 heavy (non-hydrogen) atoms. The minimum Gasteiger partial charge on any atom is -0.548 e. The molecule has 0 aromatic carbocycles. The number of hydrogen-bond donors (Lipinski definition) is 0. The van der Waals surface area contributed by atoms with Crippen LogP contribution in [0.2, 0.25) is 0 Å². The molecule has 0 aliphatic rings. The van der Waals surface area contributed by atoms with Crippen LogP contribution in [-0.2, 0) is 11.3 Å². The van der Waals surface area contributed by atoms with Crippen molar-refractivity contribution in [2.75, 3.05) is 0 Å². The molecule has 0 aliphatic heterocycles. The number of hydrogen-bond acceptors (Lipinski definition) is 5. The van der Waals surface area contributed by atoms with Crippen molar-refractivity contribution in [3.05, 3.63) is 22.6 Å². The average Bonchev–Trinajstić information content (AvgIpc) is 2.34. The molecular formula is C5H4N3O4-. The molecule has 0 saturated heterocycles. The third-order valence-corrected chi connectivity index (χ3v) is 1.12. The maximum Gasteiger partial charge on any atom is 0.381 e. The molecule has 7 heteroatoms. The minimum absolute atomic E-state index is 0.378. The minimum atomic E-state index is -1.32. The molecule has 64 valence electrons. The number of imidazole rings is 1. The van der Waals surface area contributed by atoms with Gasteiger partial charge in [0.05, 0.1) is 12.5 Å². The van der Waals surface area contributed by atoms with Gasteiger partial charge in [-0.05, 0) is 9.91 Å². The first kappa shape index (κ1) is 8.18. The van der Waals surface area contributed by atoms with Crippen LogP contribution in [0.25, 0.3) is 0 Å². The number of nitro groups is 1. The van der Waals surface area contributed by atoms with E-state index in [0.717, 1.165) is 17.1 Å². The molecule has 1 rings (SSSR count). The lowest BCUT2D eigenvalue weighted by Crippen LogP contribution is -2.26. The highest BCUT2D eigenvalue weighted by Gasteiger charge is 2.08. The fraction of sp³-hybridized carbons (Fsp3) is 0.200. The van der Waals surface area contributed by atoms with E-state index >= 15 is 0 Å². The van der Waals surface area contributed by atoms with Crippen LogP contribution in [0.1, 0.15) is 0 Å². The lowest BCUT2D eigenvalue weighted by molar-refractivity contribution is -0.389. The molecular weight excluding hydrogens is 166 g/mol. The van der Waals surface area contributed by atoms with Crippen LogP contribution in [-0.4, -0.2) is 20.4 Å². The van der Waals surface area contributed by atoms with Crippen molar-refractivity contribution in [1.29, 1.82) is 0 Å². The predicted octanol–water partition coefficient (Wildman–Crippen LogP) is -1.46. The summed E-state index contributed by atoms with van der Waals surface area (Å²) in [6.45, 7) is -0.430. The van der Waals surface area contributed by atoms with Crippen molar-refractivity contribution >= 4 is 11.8 Å². The highest BCUT2D eigenvalue weighted by molar-refractivity contribution is 5.64. The first-order valence-electron chi connectivity index (χ1n) is 2.95. The Morgan fingerprint density at radius 3 is 2.83 bits per heavy atom. The number of rotatable bonds is 3. The van der Waals surface area contributed by atoms with E-state index < -0.39 is 17.4 Å². The largest absolute Gasteiger partial charge is 0.548 e. The quantitative estimate of drug-likeness (QED) is 0.407. The molecule has 0 atom stereocenters. The van der Waals surface area contributed by atoms with E-state index in [9.17, 15) is 20.0 Å². The summed E-state index contributed by atoms with van der Waals surface area (Å²) in [4.78, 5) is 22.7. The fourth-order valence-corrected chi connectivity index (χ4v) is 0.678. The van der Waals surface area contributed by atoms with Gasteiger partial charge in [0.2, 0.25) is 6.33 Å². The Hall–Kier alpha value is -1.92. The van der Waals surface area contributed by atoms with Gasteiger partial charge in [-0.2, -0.15) is 0 Å². The zero-order valence-corrected chi connectivity index (χ0v) is 5.84. The van der Waals surface area contributed by atoms with Crippen LogP contribution in [0.4, 0.5) is 5.82 Å². The van der Waals surface area contributed by atoms with E-state index in [1.807, 2.05) is 0 Å². The van der Waals surface area contributed by atoms with Gasteiger partial charge in [-0.15, -0.1) is 0 Å². The van der Waals surface area contributed by atoms with Crippen molar-refractivity contribution in [1.82, 2.24) is 9.55 Å². The summed E-state index contributed by atoms with van der Waals surface area (Å²) in [5.74, 6) is -1.70. The Morgan fingerprint density at radius 1 is 1.75 bits per heavy atom. The van der Waals surface area contributed by atoms with Gasteiger partial charge in [0.25, 0.3) is 0 Å². The van der Waals surface area contributed by atoms with E-state index in [2.05, 4.69) is 4.98 Å². The van der Waals surface area contributed by atoms with Crippen LogP contribution in [0.5, 0.6) is 0 Å². The molecule has 0 spiro atoms. The van der Waals surface area contributed by atoms with E-state index in [1.165, 1.54) is 0 Å². The van der Waals surface area contributed by atoms with Gasteiger partial charge in [0, 0.05) is 0 Å². The van der Waals surface area contributed by atoms with Gasteiger partial charge in [0.1, 0.15) is 6.20 Å². The Balaban J connectivity index is 2.77. The van der Waals surface area contributed by atoms with Crippen LogP contribution in [0, 0.1) is 10.1 Å². The SMILES string of the molecule is O=C([O-])Cn1cnc([N+](=O)[O-])c1. The lowest BCUT2D eigenvalue weighted by atomic mass is 10.6. The zero-order chi connectivity index (χ0) is 9.14. The first-order chi connectivity index (χ1) is 5.59. The third kappa shape index (κ3) is 1.78. The summed E-state index contributed by atoms with van der Waals surface area (Å²) < 4.78 is 1.06. The third-order valence-electron chi connectivity index (χ3n) is 1.12. The summed E-state index contributed by atoms with van der Waals surface area (Å²) in [5, 5.41) is 20.1. The average molecular weight is 170 g/mol. The maximum atomic E-state index is 10.1. The van der Waals surface area contributed by atoms with E-state index in [-0.39, 0.29) is 5.82 Å². The molecule has 0 fully saturated rings. The van der Waals surface area contributed by atoms with Crippen LogP contribution >= 0.6 is 0 Å². The van der Waals surface area contributed by atoms with Gasteiger partial charge in [-0.3, -0.25) is 0 Å². The Morgan fingerprint density at radius 2 is 2.42 bits per heavy atom. The molecule has 0 bridgehead atoms. The van der Waals surface area contributed by atoms with E-state index in [0.29, 0.717) is 0 Å². The monoisotopic (exact) mass is 170 g/mol. The molecule has 1 heterocycles. The number of aliphatic carboxylic acids is 1. The van der Waals surface area contributed by atoms with Crippen molar-refractivity contribution in [2.45, 2.75) is 6.54 Å². The Labute approximate surface area is 66.4 Å². The number of carboxylic acids is 1. The number of carbonyl (C=O) groups is 1. The van der Waals surface area contributed by atoms with Gasteiger partial charge in [-0.25, -0.2) is 0 Å². The smallest absolute Gasteiger partial charge is 0.381 e. The molecule has 0 saturated carbocycles. The summed E-state index contributed by atoms with van der Waals surface area (Å²) in [5.41, 5.74) is 0. The molecule has 7 nitrogen and oxygen atoms in total. The summed E-state index contributed by atoms with van der Waals surface area (Å²) >= 11 is 0. The summed E-state index contributed by atoms with van der Waals surface area (Å²) in [6, 6.07) is 0. The Kier molecular flexibility index (Phi) is 2.04. The van der Waals surface area contributed by atoms with Crippen molar-refractivity contribution < 1.29 is 14.8 Å².